The molecule has 0 bridgehead atoms. The minimum Gasteiger partial charge on any atom is -0.373 e. The van der Waals surface area contributed by atoms with E-state index >= 15 is 0 Å². The average Bonchev–Trinajstić information content (AvgIpc) is 3.81. The molecule has 4 atom stereocenters. The van der Waals surface area contributed by atoms with Crippen LogP contribution in [0.15, 0.2) is 127 Å². The van der Waals surface area contributed by atoms with Crippen molar-refractivity contribution in [3.8, 4) is 0 Å². The standard InChI is InChI=1S/C46H43O2P/c1-47-45(30-12-16-32-14-6-8-22-39(32)45)41-28-26-37-35(41)20-10-24-43(37)49(34-18-4-3-5-19-34)44-25-11-21-36-38(44)27-29-42(36)46(48-2)31-13-17-33-15-7-9-23-40(33)46/h3-25,41-42H,26-31H2,1-2H3. The number of hydrogen-bond acceptors (Lipinski definition) is 2. The van der Waals surface area contributed by atoms with Crippen molar-refractivity contribution in [1.29, 1.82) is 0 Å². The molecule has 0 saturated heterocycles. The molecule has 4 aliphatic rings. The van der Waals surface area contributed by atoms with Gasteiger partial charge in [-0.3, -0.25) is 0 Å². The summed E-state index contributed by atoms with van der Waals surface area (Å²) in [4.78, 5) is 0. The van der Waals surface area contributed by atoms with E-state index in [1.807, 2.05) is 14.2 Å². The maximum absolute atomic E-state index is 6.63. The first-order valence-corrected chi connectivity index (χ1v) is 19.2. The van der Waals surface area contributed by atoms with Gasteiger partial charge in [0.2, 0.25) is 0 Å². The molecule has 4 aliphatic carbocycles. The van der Waals surface area contributed by atoms with Gasteiger partial charge in [-0.05, 0) is 107 Å². The van der Waals surface area contributed by atoms with Crippen molar-refractivity contribution in [3.63, 3.8) is 0 Å². The first-order chi connectivity index (χ1) is 24.2. The van der Waals surface area contributed by atoms with Gasteiger partial charge in [-0.15, -0.1) is 0 Å². The summed E-state index contributed by atoms with van der Waals surface area (Å²) in [6.07, 6.45) is 15.3. The Morgan fingerprint density at radius 2 is 1.00 bits per heavy atom. The second-order valence-electron chi connectivity index (χ2n) is 14.1. The molecule has 0 aliphatic heterocycles. The van der Waals surface area contributed by atoms with Crippen LogP contribution in [0.4, 0.5) is 0 Å². The van der Waals surface area contributed by atoms with E-state index in [0.717, 1.165) is 38.5 Å². The summed E-state index contributed by atoms with van der Waals surface area (Å²) in [5.74, 6) is 0.607. The van der Waals surface area contributed by atoms with Crippen LogP contribution >= 0.6 is 7.92 Å². The van der Waals surface area contributed by atoms with E-state index < -0.39 is 7.92 Å². The lowest BCUT2D eigenvalue weighted by Crippen LogP contribution is -2.37. The van der Waals surface area contributed by atoms with Crippen LogP contribution in [0.1, 0.15) is 82.0 Å². The Bertz CT molecular complexity index is 1970. The highest BCUT2D eigenvalue weighted by Crippen LogP contribution is 2.55. The Labute approximate surface area is 292 Å². The SMILES string of the molecule is COC1(C2CCc3c2cccc3P(c2ccccc2)c2cccc3c2CCC3C2(OC)CC=Cc3ccccc32)CC=Cc2ccccc21. The molecular weight excluding hydrogens is 615 g/mol. The predicted molar refractivity (Wildman–Crippen MR) is 205 cm³/mol. The van der Waals surface area contributed by atoms with Gasteiger partial charge in [-0.25, -0.2) is 0 Å². The molecule has 0 fully saturated rings. The highest BCUT2D eigenvalue weighted by atomic mass is 31.1. The maximum Gasteiger partial charge on any atom is 0.104 e. The second kappa shape index (κ2) is 12.4. The molecule has 0 radical (unpaired) electrons. The topological polar surface area (TPSA) is 18.5 Å². The molecule has 0 aromatic heterocycles. The fraction of sp³-hybridized carbons (Fsp3) is 0.261. The number of hydrogen-bond donors (Lipinski definition) is 0. The first kappa shape index (κ1) is 30.9. The summed E-state index contributed by atoms with van der Waals surface area (Å²) in [5, 5.41) is 4.44. The molecule has 244 valence electrons. The van der Waals surface area contributed by atoms with E-state index in [1.165, 1.54) is 60.4 Å². The van der Waals surface area contributed by atoms with Crippen LogP contribution in [0.5, 0.6) is 0 Å². The van der Waals surface area contributed by atoms with Crippen LogP contribution in [0, 0.1) is 0 Å². The van der Waals surface area contributed by atoms with Crippen LogP contribution in [-0.2, 0) is 33.5 Å². The number of benzene rings is 5. The quantitative estimate of drug-likeness (QED) is 0.162. The summed E-state index contributed by atoms with van der Waals surface area (Å²) >= 11 is 0. The van der Waals surface area contributed by atoms with Crippen LogP contribution in [0.3, 0.4) is 0 Å². The predicted octanol–water partition coefficient (Wildman–Crippen LogP) is 9.42. The highest BCUT2D eigenvalue weighted by Gasteiger charge is 2.48. The second-order valence-corrected chi connectivity index (χ2v) is 16.3. The minimum absolute atomic E-state index is 0.304. The van der Waals surface area contributed by atoms with E-state index in [2.05, 4.69) is 140 Å². The van der Waals surface area contributed by atoms with Crippen LogP contribution < -0.4 is 15.9 Å². The fourth-order valence-electron chi connectivity index (χ4n) is 9.97. The van der Waals surface area contributed by atoms with Gasteiger partial charge >= 0.3 is 0 Å². The van der Waals surface area contributed by atoms with Crippen molar-refractivity contribution in [2.45, 2.75) is 61.6 Å². The van der Waals surface area contributed by atoms with E-state index in [4.69, 9.17) is 9.47 Å². The van der Waals surface area contributed by atoms with Gasteiger partial charge < -0.3 is 9.47 Å². The highest BCUT2D eigenvalue weighted by molar-refractivity contribution is 7.80. The molecule has 0 saturated carbocycles. The first-order valence-electron chi connectivity index (χ1n) is 17.9. The van der Waals surface area contributed by atoms with Crippen molar-refractivity contribution in [3.05, 3.63) is 172 Å². The summed E-state index contributed by atoms with van der Waals surface area (Å²) in [7, 11) is 3.06. The molecule has 4 unspecified atom stereocenters. The third-order valence-corrected chi connectivity index (χ3v) is 14.7. The third kappa shape index (κ3) is 4.72. The summed E-state index contributed by atoms with van der Waals surface area (Å²) in [6.45, 7) is 0. The Kier molecular flexibility index (Phi) is 7.81. The number of rotatable bonds is 7. The molecule has 49 heavy (non-hydrogen) atoms. The van der Waals surface area contributed by atoms with Crippen molar-refractivity contribution < 1.29 is 9.47 Å². The average molecular weight is 659 g/mol. The molecule has 0 N–H and O–H groups in total. The minimum atomic E-state index is -0.781. The number of methoxy groups -OCH3 is 2. The smallest absolute Gasteiger partial charge is 0.104 e. The van der Waals surface area contributed by atoms with Gasteiger partial charge in [0.25, 0.3) is 0 Å². The Morgan fingerprint density at radius 1 is 0.531 bits per heavy atom. The van der Waals surface area contributed by atoms with Gasteiger partial charge in [0.15, 0.2) is 0 Å². The zero-order chi connectivity index (χ0) is 33.0. The maximum atomic E-state index is 6.63. The molecule has 2 nitrogen and oxygen atoms in total. The van der Waals surface area contributed by atoms with Crippen LogP contribution in [-0.4, -0.2) is 14.2 Å². The van der Waals surface area contributed by atoms with Gasteiger partial charge in [0.05, 0.1) is 0 Å². The summed E-state index contributed by atoms with van der Waals surface area (Å²) in [6, 6.07) is 43.3. The number of fused-ring (bicyclic) bond motifs is 4. The molecule has 5 aromatic rings. The molecular formula is C46H43O2P. The van der Waals surface area contributed by atoms with Gasteiger partial charge in [0.1, 0.15) is 11.2 Å². The number of ether oxygens (including phenoxy) is 2. The lowest BCUT2D eigenvalue weighted by atomic mass is 9.72. The van der Waals surface area contributed by atoms with E-state index in [1.54, 1.807) is 0 Å². The van der Waals surface area contributed by atoms with E-state index in [9.17, 15) is 0 Å². The Hall–Kier alpha value is -4.07. The molecule has 3 heteroatoms. The molecule has 5 aromatic carbocycles. The molecule has 0 heterocycles. The van der Waals surface area contributed by atoms with Gasteiger partial charge in [0, 0.05) is 26.1 Å². The van der Waals surface area contributed by atoms with Crippen LogP contribution in [0.2, 0.25) is 0 Å². The zero-order valence-corrected chi connectivity index (χ0v) is 29.3. The molecule has 9 rings (SSSR count). The van der Waals surface area contributed by atoms with Crippen LogP contribution in [0.25, 0.3) is 12.2 Å². The van der Waals surface area contributed by atoms with Crippen molar-refractivity contribution in [2.75, 3.05) is 14.2 Å². The lowest BCUT2D eigenvalue weighted by Gasteiger charge is -2.41. The Morgan fingerprint density at radius 3 is 1.49 bits per heavy atom. The van der Waals surface area contributed by atoms with Crippen molar-refractivity contribution >= 4 is 36.0 Å². The van der Waals surface area contributed by atoms with Crippen molar-refractivity contribution in [2.24, 2.45) is 0 Å². The summed E-state index contributed by atoms with van der Waals surface area (Å²) in [5.41, 5.74) is 10.5. The van der Waals surface area contributed by atoms with E-state index in [-0.39, 0.29) is 11.2 Å². The third-order valence-electron chi connectivity index (χ3n) is 12.1. The summed E-state index contributed by atoms with van der Waals surface area (Å²) < 4.78 is 13.3. The lowest BCUT2D eigenvalue weighted by molar-refractivity contribution is -0.0376. The van der Waals surface area contributed by atoms with E-state index in [0.29, 0.717) is 11.8 Å². The molecule has 0 amide bonds. The van der Waals surface area contributed by atoms with Gasteiger partial charge in [-0.2, -0.15) is 0 Å². The van der Waals surface area contributed by atoms with Gasteiger partial charge in [-0.1, -0.05) is 140 Å². The Balaban J connectivity index is 1.18. The zero-order valence-electron chi connectivity index (χ0n) is 28.4. The molecule has 0 spiro atoms. The largest absolute Gasteiger partial charge is 0.373 e. The normalized spacial score (nSPS) is 25.3. The monoisotopic (exact) mass is 658 g/mol. The fourth-order valence-corrected chi connectivity index (χ4v) is 12.7. The van der Waals surface area contributed by atoms with Crippen molar-refractivity contribution in [1.82, 2.24) is 0 Å².